The summed E-state index contributed by atoms with van der Waals surface area (Å²) >= 11 is 0. The molecule has 27 heavy (non-hydrogen) atoms. The average Bonchev–Trinajstić information content (AvgIpc) is 2.63. The molecule has 0 bridgehead atoms. The van der Waals surface area contributed by atoms with Crippen LogP contribution >= 0.6 is 0 Å². The van der Waals surface area contributed by atoms with Gasteiger partial charge in [-0.1, -0.05) is 44.2 Å². The standard InChI is InChI=1S/C21H31N3O3/c1-3-23(14-19(25)26)18-12-17(13-18)22-20(27)24-11-7-10-21(2,15-24)16-8-5-4-6-9-16/h4-6,8-9,17-18H,3,7,10-15H2,1-2H3,(H,22,27)(H,25,26). The first kappa shape index (κ1) is 19.7. The van der Waals surface area contributed by atoms with Gasteiger partial charge in [0.15, 0.2) is 0 Å². The first-order valence-corrected chi connectivity index (χ1v) is 9.98. The van der Waals surface area contributed by atoms with Crippen LogP contribution in [-0.2, 0) is 10.2 Å². The maximum Gasteiger partial charge on any atom is 0.317 e. The van der Waals surface area contributed by atoms with Gasteiger partial charge in [-0.15, -0.1) is 0 Å². The lowest BCUT2D eigenvalue weighted by Crippen LogP contribution is -2.58. The Morgan fingerprint density at radius 1 is 1.30 bits per heavy atom. The number of amides is 2. The third-order valence-corrected chi connectivity index (χ3v) is 6.16. The highest BCUT2D eigenvalue weighted by Gasteiger charge is 2.38. The van der Waals surface area contributed by atoms with Gasteiger partial charge in [0.2, 0.25) is 0 Å². The van der Waals surface area contributed by atoms with Crippen molar-refractivity contribution in [2.24, 2.45) is 0 Å². The van der Waals surface area contributed by atoms with E-state index in [1.54, 1.807) is 0 Å². The fourth-order valence-corrected chi connectivity index (χ4v) is 4.43. The number of urea groups is 1. The lowest BCUT2D eigenvalue weighted by Gasteiger charge is -2.45. The van der Waals surface area contributed by atoms with E-state index in [0.29, 0.717) is 0 Å². The number of carboxylic acids is 1. The van der Waals surface area contributed by atoms with Gasteiger partial charge in [0.1, 0.15) is 0 Å². The predicted octanol–water partition coefficient (Wildman–Crippen LogP) is 2.69. The minimum Gasteiger partial charge on any atom is -0.480 e. The Kier molecular flexibility index (Phi) is 6.05. The fraction of sp³-hybridized carbons (Fsp3) is 0.619. The van der Waals surface area contributed by atoms with Crippen LogP contribution in [-0.4, -0.2) is 65.2 Å². The molecule has 1 atom stereocenters. The topological polar surface area (TPSA) is 72.9 Å². The Morgan fingerprint density at radius 2 is 2.00 bits per heavy atom. The van der Waals surface area contributed by atoms with Crippen molar-refractivity contribution in [3.63, 3.8) is 0 Å². The Balaban J connectivity index is 1.51. The Morgan fingerprint density at radius 3 is 2.63 bits per heavy atom. The molecule has 2 amide bonds. The molecular weight excluding hydrogens is 342 g/mol. The van der Waals surface area contributed by atoms with Crippen molar-refractivity contribution in [3.8, 4) is 0 Å². The summed E-state index contributed by atoms with van der Waals surface area (Å²) in [5, 5.41) is 12.1. The summed E-state index contributed by atoms with van der Waals surface area (Å²) in [5.41, 5.74) is 1.29. The van der Waals surface area contributed by atoms with Crippen molar-refractivity contribution in [2.75, 3.05) is 26.2 Å². The molecule has 148 valence electrons. The second-order valence-corrected chi connectivity index (χ2v) is 8.18. The number of nitrogens with zero attached hydrogens (tertiary/aromatic N) is 2. The number of benzene rings is 1. The summed E-state index contributed by atoms with van der Waals surface area (Å²) in [6.07, 6.45) is 3.76. The second kappa shape index (κ2) is 8.30. The van der Waals surface area contributed by atoms with Crippen molar-refractivity contribution in [1.29, 1.82) is 0 Å². The molecule has 1 unspecified atom stereocenters. The molecule has 6 heteroatoms. The van der Waals surface area contributed by atoms with Crippen LogP contribution in [0.3, 0.4) is 0 Å². The number of carboxylic acid groups (broad SMARTS) is 1. The lowest BCUT2D eigenvalue weighted by molar-refractivity contribution is -0.139. The minimum absolute atomic E-state index is 0.000500. The molecule has 0 radical (unpaired) electrons. The van der Waals surface area contributed by atoms with Crippen LogP contribution in [0.4, 0.5) is 4.79 Å². The van der Waals surface area contributed by atoms with E-state index in [2.05, 4.69) is 36.5 Å². The zero-order valence-corrected chi connectivity index (χ0v) is 16.4. The van der Waals surface area contributed by atoms with Crippen molar-refractivity contribution in [2.45, 2.75) is 57.0 Å². The van der Waals surface area contributed by atoms with E-state index in [1.807, 2.05) is 22.8 Å². The molecular formula is C21H31N3O3. The summed E-state index contributed by atoms with van der Waals surface area (Å²) in [6.45, 7) is 6.55. The van der Waals surface area contributed by atoms with E-state index in [-0.39, 0.29) is 30.1 Å². The van der Waals surface area contributed by atoms with E-state index in [9.17, 15) is 9.59 Å². The molecule has 1 saturated heterocycles. The second-order valence-electron chi connectivity index (χ2n) is 8.18. The van der Waals surface area contributed by atoms with Gasteiger partial charge in [-0.3, -0.25) is 9.69 Å². The van der Waals surface area contributed by atoms with Crippen LogP contribution in [0, 0.1) is 0 Å². The molecule has 1 heterocycles. The molecule has 6 nitrogen and oxygen atoms in total. The number of carbonyl (C=O) groups excluding carboxylic acids is 1. The van der Waals surface area contributed by atoms with Gasteiger partial charge in [-0.25, -0.2) is 4.79 Å². The first-order valence-electron chi connectivity index (χ1n) is 9.98. The van der Waals surface area contributed by atoms with Gasteiger partial charge in [0.25, 0.3) is 0 Å². The Bertz CT molecular complexity index is 660. The van der Waals surface area contributed by atoms with Crippen LogP contribution in [0.5, 0.6) is 0 Å². The van der Waals surface area contributed by atoms with Gasteiger partial charge in [-0.2, -0.15) is 0 Å². The predicted molar refractivity (Wildman–Crippen MR) is 105 cm³/mol. The Hall–Kier alpha value is -2.08. The smallest absolute Gasteiger partial charge is 0.317 e. The zero-order valence-electron chi connectivity index (χ0n) is 16.4. The van der Waals surface area contributed by atoms with Crippen molar-refractivity contribution in [3.05, 3.63) is 35.9 Å². The number of piperidine rings is 1. The van der Waals surface area contributed by atoms with E-state index in [4.69, 9.17) is 5.11 Å². The molecule has 0 spiro atoms. The third-order valence-electron chi connectivity index (χ3n) is 6.16. The third kappa shape index (κ3) is 4.61. The van der Waals surface area contributed by atoms with Crippen LogP contribution in [0.2, 0.25) is 0 Å². The first-order chi connectivity index (χ1) is 12.9. The van der Waals surface area contributed by atoms with E-state index < -0.39 is 5.97 Å². The molecule has 1 aromatic carbocycles. The largest absolute Gasteiger partial charge is 0.480 e. The van der Waals surface area contributed by atoms with Gasteiger partial charge in [-0.05, 0) is 37.8 Å². The van der Waals surface area contributed by atoms with Crippen molar-refractivity contribution in [1.82, 2.24) is 15.1 Å². The van der Waals surface area contributed by atoms with Gasteiger partial charge >= 0.3 is 12.0 Å². The highest BCUT2D eigenvalue weighted by Crippen LogP contribution is 2.34. The molecule has 3 rings (SSSR count). The molecule has 2 fully saturated rings. The summed E-state index contributed by atoms with van der Waals surface area (Å²) in [4.78, 5) is 27.6. The average molecular weight is 373 g/mol. The SMILES string of the molecule is CCN(CC(=O)O)C1CC(NC(=O)N2CCCC(C)(c3ccccc3)C2)C1. The molecule has 0 aromatic heterocycles. The van der Waals surface area contributed by atoms with E-state index >= 15 is 0 Å². The summed E-state index contributed by atoms with van der Waals surface area (Å²) < 4.78 is 0. The highest BCUT2D eigenvalue weighted by molar-refractivity contribution is 5.75. The van der Waals surface area contributed by atoms with Gasteiger partial charge < -0.3 is 15.3 Å². The summed E-state index contributed by atoms with van der Waals surface area (Å²) in [6, 6.07) is 10.9. The quantitative estimate of drug-likeness (QED) is 0.804. The molecule has 1 aromatic rings. The van der Waals surface area contributed by atoms with E-state index in [0.717, 1.165) is 45.3 Å². The maximum atomic E-state index is 12.8. The number of nitrogens with one attached hydrogen (secondary N) is 1. The number of aliphatic carboxylic acids is 1. The number of likely N-dealkylation sites (N-methyl/N-ethyl adjacent to an activating group) is 1. The number of hydrogen-bond acceptors (Lipinski definition) is 3. The van der Waals surface area contributed by atoms with Crippen LogP contribution in [0.1, 0.15) is 45.1 Å². The molecule has 1 aliphatic heterocycles. The molecule has 1 saturated carbocycles. The Labute approximate surface area is 161 Å². The molecule has 1 aliphatic carbocycles. The minimum atomic E-state index is -0.794. The normalized spacial score (nSPS) is 27.9. The number of hydrogen-bond donors (Lipinski definition) is 2. The highest BCUT2D eigenvalue weighted by atomic mass is 16.4. The summed E-state index contributed by atoms with van der Waals surface area (Å²) in [5.74, 6) is -0.794. The zero-order chi connectivity index (χ0) is 19.4. The maximum absolute atomic E-state index is 12.8. The van der Waals surface area contributed by atoms with E-state index in [1.165, 1.54) is 5.56 Å². The molecule has 2 N–H and O–H groups in total. The lowest BCUT2D eigenvalue weighted by atomic mass is 9.76. The number of carbonyl (C=O) groups is 2. The van der Waals surface area contributed by atoms with Crippen LogP contribution in [0.15, 0.2) is 30.3 Å². The molecule has 2 aliphatic rings. The number of rotatable bonds is 6. The number of likely N-dealkylation sites (tertiary alicyclic amines) is 1. The van der Waals surface area contributed by atoms with Gasteiger partial charge in [0.05, 0.1) is 6.54 Å². The monoisotopic (exact) mass is 373 g/mol. The fourth-order valence-electron chi connectivity index (χ4n) is 4.43. The van der Waals surface area contributed by atoms with Crippen LogP contribution < -0.4 is 5.32 Å². The van der Waals surface area contributed by atoms with Gasteiger partial charge in [0, 0.05) is 30.6 Å². The van der Waals surface area contributed by atoms with Crippen LogP contribution in [0.25, 0.3) is 0 Å². The van der Waals surface area contributed by atoms with Crippen molar-refractivity contribution < 1.29 is 14.7 Å². The van der Waals surface area contributed by atoms with Crippen molar-refractivity contribution >= 4 is 12.0 Å². The summed E-state index contributed by atoms with van der Waals surface area (Å²) in [7, 11) is 0.